The van der Waals surface area contributed by atoms with E-state index in [0.717, 1.165) is 38.5 Å². The summed E-state index contributed by atoms with van der Waals surface area (Å²) in [4.78, 5) is 12.3. The molecule has 0 aromatic heterocycles. The molecule has 0 aliphatic rings. The number of allylic oxidation sites excluding steroid dienone is 6. The van der Waals surface area contributed by atoms with Crippen molar-refractivity contribution in [2.45, 2.75) is 205 Å². The average Bonchev–Trinajstić information content (AvgIpc) is 3.06. The molecule has 5 nitrogen and oxygen atoms in total. The number of carbonyl (C=O) groups is 1. The minimum absolute atomic E-state index is 0.0490. The number of hydrogen-bond acceptors (Lipinski definition) is 4. The van der Waals surface area contributed by atoms with E-state index < -0.39 is 18.2 Å². The lowest BCUT2D eigenvalue weighted by Gasteiger charge is -2.20. The molecule has 0 saturated carbocycles. The molecule has 5 heteroatoms. The molecule has 0 bridgehead atoms. The molecule has 3 unspecified atom stereocenters. The van der Waals surface area contributed by atoms with Gasteiger partial charge in [0, 0.05) is 0 Å². The maximum Gasteiger partial charge on any atom is 0.223 e. The highest BCUT2D eigenvalue weighted by Gasteiger charge is 2.19. The Labute approximate surface area is 291 Å². The zero-order valence-corrected chi connectivity index (χ0v) is 30.9. The number of aliphatic hydroxyl groups is 3. The van der Waals surface area contributed by atoms with Crippen LogP contribution < -0.4 is 5.32 Å². The van der Waals surface area contributed by atoms with Crippen LogP contribution in [0.25, 0.3) is 0 Å². The third-order valence-corrected chi connectivity index (χ3v) is 8.82. The first-order valence-corrected chi connectivity index (χ1v) is 19.9. The van der Waals surface area contributed by atoms with E-state index >= 15 is 0 Å². The first-order valence-electron chi connectivity index (χ1n) is 19.9. The summed E-state index contributed by atoms with van der Waals surface area (Å²) in [5.74, 6) is -0.368. The highest BCUT2D eigenvalue weighted by Crippen LogP contribution is 2.14. The Kier molecular flexibility index (Phi) is 35.8. The summed E-state index contributed by atoms with van der Waals surface area (Å²) < 4.78 is 0. The fourth-order valence-corrected chi connectivity index (χ4v) is 5.72. The van der Waals surface area contributed by atoms with Gasteiger partial charge in [-0.3, -0.25) is 4.79 Å². The van der Waals surface area contributed by atoms with Crippen molar-refractivity contribution in [3.63, 3.8) is 0 Å². The Hall–Kier alpha value is -1.69. The summed E-state index contributed by atoms with van der Waals surface area (Å²) in [5, 5.41) is 32.8. The molecule has 0 radical (unpaired) electrons. The molecular formula is C42H77NO4. The van der Waals surface area contributed by atoms with Gasteiger partial charge < -0.3 is 20.6 Å². The first kappa shape index (κ1) is 45.3. The minimum atomic E-state index is -0.970. The summed E-state index contributed by atoms with van der Waals surface area (Å²) in [6, 6.07) is -0.781. The molecule has 0 fully saturated rings. The van der Waals surface area contributed by atoms with Crippen LogP contribution in [0.3, 0.4) is 0 Å². The van der Waals surface area contributed by atoms with E-state index in [1.807, 2.05) is 12.2 Å². The van der Waals surface area contributed by atoms with Crippen LogP contribution in [-0.4, -0.2) is 46.1 Å². The molecule has 0 aromatic rings. The van der Waals surface area contributed by atoms with Gasteiger partial charge in [0.2, 0.25) is 5.91 Å². The molecule has 0 aliphatic heterocycles. The van der Waals surface area contributed by atoms with Crippen molar-refractivity contribution in [1.82, 2.24) is 5.32 Å². The van der Waals surface area contributed by atoms with Crippen LogP contribution in [0.4, 0.5) is 0 Å². The van der Waals surface area contributed by atoms with Crippen LogP contribution in [0, 0.1) is 0 Å². The van der Waals surface area contributed by atoms with Gasteiger partial charge in [-0.2, -0.15) is 0 Å². The van der Waals surface area contributed by atoms with E-state index in [-0.39, 0.29) is 18.9 Å². The second kappa shape index (κ2) is 37.1. The highest BCUT2D eigenvalue weighted by atomic mass is 16.3. The molecule has 4 N–H and O–H groups in total. The van der Waals surface area contributed by atoms with E-state index in [1.165, 1.54) is 122 Å². The maximum absolute atomic E-state index is 12.3. The van der Waals surface area contributed by atoms with E-state index in [4.69, 9.17) is 0 Å². The predicted molar refractivity (Wildman–Crippen MR) is 204 cm³/mol. The van der Waals surface area contributed by atoms with Gasteiger partial charge >= 0.3 is 0 Å². The van der Waals surface area contributed by atoms with Gasteiger partial charge in [-0.15, -0.1) is 0 Å². The topological polar surface area (TPSA) is 89.8 Å². The van der Waals surface area contributed by atoms with Crippen LogP contribution in [0.15, 0.2) is 48.6 Å². The van der Waals surface area contributed by atoms with Crippen LogP contribution in [0.1, 0.15) is 187 Å². The second-order valence-corrected chi connectivity index (χ2v) is 13.5. The average molecular weight is 660 g/mol. The summed E-state index contributed by atoms with van der Waals surface area (Å²) in [5.41, 5.74) is 0. The normalized spacial score (nSPS) is 14.2. The molecule has 0 saturated heterocycles. The van der Waals surface area contributed by atoms with Crippen molar-refractivity contribution in [2.75, 3.05) is 6.61 Å². The Bertz CT molecular complexity index is 775. The van der Waals surface area contributed by atoms with Gasteiger partial charge in [-0.1, -0.05) is 172 Å². The molecule has 274 valence electrons. The first-order chi connectivity index (χ1) is 23.0. The number of nitrogens with one attached hydrogen (secondary N) is 1. The molecule has 0 heterocycles. The number of carbonyl (C=O) groups excluding carboxylic acids is 1. The Morgan fingerprint density at radius 2 is 0.915 bits per heavy atom. The monoisotopic (exact) mass is 660 g/mol. The smallest absolute Gasteiger partial charge is 0.223 e. The molecule has 0 rings (SSSR count). The van der Waals surface area contributed by atoms with Gasteiger partial charge in [0.05, 0.1) is 31.3 Å². The van der Waals surface area contributed by atoms with Crippen molar-refractivity contribution in [3.05, 3.63) is 48.6 Å². The number of aliphatic hydroxyl groups excluding tert-OH is 3. The van der Waals surface area contributed by atoms with Gasteiger partial charge in [-0.05, 0) is 57.8 Å². The molecule has 0 spiro atoms. The Morgan fingerprint density at radius 3 is 1.38 bits per heavy atom. The summed E-state index contributed by atoms with van der Waals surface area (Å²) >= 11 is 0. The molecular weight excluding hydrogens is 582 g/mol. The van der Waals surface area contributed by atoms with Crippen molar-refractivity contribution in [3.8, 4) is 0 Å². The van der Waals surface area contributed by atoms with Gasteiger partial charge in [0.1, 0.15) is 0 Å². The van der Waals surface area contributed by atoms with Crippen molar-refractivity contribution < 1.29 is 20.1 Å². The zero-order chi connectivity index (χ0) is 34.5. The Balaban J connectivity index is 3.72. The standard InChI is InChI=1S/C42H77NO4/c1-3-5-7-9-11-12-13-14-15-16-17-18-19-20-21-22-23-24-25-26-27-28-30-32-34-36-41(46)40(38-44)43-42(47)37-39(45)35-33-31-29-10-8-6-4-2/h23-24,27-28,31,33-34,36,39-41,44-46H,3-22,25-26,29-30,32,35,37-38H2,1-2H3,(H,43,47)/b24-23+,28-27+,33-31-,36-34+. The van der Waals surface area contributed by atoms with Crippen LogP contribution in [-0.2, 0) is 4.79 Å². The summed E-state index contributed by atoms with van der Waals surface area (Å²) in [6.07, 6.45) is 47.1. The fourth-order valence-electron chi connectivity index (χ4n) is 5.72. The minimum Gasteiger partial charge on any atom is -0.394 e. The van der Waals surface area contributed by atoms with E-state index in [0.29, 0.717) is 6.42 Å². The lowest BCUT2D eigenvalue weighted by molar-refractivity contribution is -0.124. The zero-order valence-electron chi connectivity index (χ0n) is 30.9. The molecule has 0 aromatic carbocycles. The van der Waals surface area contributed by atoms with E-state index in [2.05, 4.69) is 49.5 Å². The quantitative estimate of drug-likeness (QED) is 0.0402. The van der Waals surface area contributed by atoms with Crippen LogP contribution in [0.2, 0.25) is 0 Å². The Morgan fingerprint density at radius 1 is 0.532 bits per heavy atom. The lowest BCUT2D eigenvalue weighted by Crippen LogP contribution is -2.45. The van der Waals surface area contributed by atoms with Crippen molar-refractivity contribution >= 4 is 5.91 Å². The maximum atomic E-state index is 12.3. The van der Waals surface area contributed by atoms with Gasteiger partial charge in [-0.25, -0.2) is 0 Å². The van der Waals surface area contributed by atoms with Crippen molar-refractivity contribution in [1.29, 1.82) is 0 Å². The number of unbranched alkanes of at least 4 members (excludes halogenated alkanes) is 21. The van der Waals surface area contributed by atoms with Crippen molar-refractivity contribution in [2.24, 2.45) is 0 Å². The van der Waals surface area contributed by atoms with Gasteiger partial charge in [0.15, 0.2) is 0 Å². The summed E-state index contributed by atoms with van der Waals surface area (Å²) in [7, 11) is 0. The van der Waals surface area contributed by atoms with Crippen LogP contribution >= 0.6 is 0 Å². The van der Waals surface area contributed by atoms with E-state index in [1.54, 1.807) is 6.08 Å². The molecule has 0 aliphatic carbocycles. The lowest BCUT2D eigenvalue weighted by atomic mass is 10.0. The predicted octanol–water partition coefficient (Wildman–Crippen LogP) is 11.0. The van der Waals surface area contributed by atoms with Gasteiger partial charge in [0.25, 0.3) is 0 Å². The SMILES string of the molecule is CCCCCC/C=C\CC(O)CC(=O)NC(CO)C(O)/C=C/CC/C=C/CC/C=C/CCCCCCCCCCCCCCCCC. The number of rotatable bonds is 35. The third-order valence-electron chi connectivity index (χ3n) is 8.82. The third kappa shape index (κ3) is 34.0. The molecule has 3 atom stereocenters. The van der Waals surface area contributed by atoms with E-state index in [9.17, 15) is 20.1 Å². The van der Waals surface area contributed by atoms with Crippen LogP contribution in [0.5, 0.6) is 0 Å². The second-order valence-electron chi connectivity index (χ2n) is 13.5. The fraction of sp³-hybridized carbons (Fsp3) is 0.786. The number of hydrogen-bond donors (Lipinski definition) is 4. The largest absolute Gasteiger partial charge is 0.394 e. The molecule has 47 heavy (non-hydrogen) atoms. The molecule has 1 amide bonds. The highest BCUT2D eigenvalue weighted by molar-refractivity contribution is 5.76. The summed E-state index contributed by atoms with van der Waals surface area (Å²) in [6.45, 7) is 4.11. The number of amides is 1.